The number of nitrogens with one attached hydrogen (secondary N) is 1. The van der Waals surface area contributed by atoms with Gasteiger partial charge in [-0.2, -0.15) is 26.3 Å². The van der Waals surface area contributed by atoms with Gasteiger partial charge in [-0.25, -0.2) is 4.68 Å². The summed E-state index contributed by atoms with van der Waals surface area (Å²) in [5, 5.41) is 16.0. The Labute approximate surface area is 224 Å². The molecule has 0 unspecified atom stereocenters. The minimum Gasteiger partial charge on any atom is -0.395 e. The minimum atomic E-state index is -5.02. The summed E-state index contributed by atoms with van der Waals surface area (Å²) in [6.07, 6.45) is -9.24. The molecule has 0 bridgehead atoms. The second-order valence-corrected chi connectivity index (χ2v) is 8.84. The van der Waals surface area contributed by atoms with Gasteiger partial charge in [0.15, 0.2) is 0 Å². The zero-order valence-electron chi connectivity index (χ0n) is 20.8. The van der Waals surface area contributed by atoms with Gasteiger partial charge in [0, 0.05) is 22.9 Å². The Bertz CT molecular complexity index is 1570. The van der Waals surface area contributed by atoms with Crippen molar-refractivity contribution in [3.63, 3.8) is 0 Å². The molecule has 0 spiro atoms. The van der Waals surface area contributed by atoms with Crippen LogP contribution in [0.3, 0.4) is 0 Å². The first-order valence-electron chi connectivity index (χ1n) is 11.7. The molecule has 0 atom stereocenters. The molecular weight excluding hydrogens is 536 g/mol. The molecule has 4 rings (SSSR count). The predicted molar refractivity (Wildman–Crippen MR) is 136 cm³/mol. The Morgan fingerprint density at radius 3 is 2.05 bits per heavy atom. The van der Waals surface area contributed by atoms with E-state index in [2.05, 4.69) is 10.3 Å². The average molecular weight is 557 g/mol. The van der Waals surface area contributed by atoms with Crippen LogP contribution in [0.25, 0.3) is 16.8 Å². The first-order chi connectivity index (χ1) is 18.8. The van der Waals surface area contributed by atoms with E-state index >= 15 is 0 Å². The van der Waals surface area contributed by atoms with Crippen LogP contribution in [0.2, 0.25) is 0 Å². The van der Waals surface area contributed by atoms with E-state index < -0.39 is 35.8 Å². The highest BCUT2D eigenvalue weighted by Crippen LogP contribution is 2.37. The third-order valence-electron chi connectivity index (χ3n) is 6.09. The van der Waals surface area contributed by atoms with Crippen molar-refractivity contribution in [3.05, 3.63) is 112 Å². The zero-order chi connectivity index (χ0) is 29.2. The van der Waals surface area contributed by atoms with Crippen LogP contribution in [-0.2, 0) is 18.9 Å². The van der Waals surface area contributed by atoms with Crippen molar-refractivity contribution in [1.29, 1.82) is 5.41 Å². The summed E-state index contributed by atoms with van der Waals surface area (Å²) in [7, 11) is 0. The molecule has 0 fully saturated rings. The third-order valence-corrected chi connectivity index (χ3v) is 6.09. The van der Waals surface area contributed by atoms with Crippen molar-refractivity contribution in [2.24, 2.45) is 5.73 Å². The largest absolute Gasteiger partial charge is 0.416 e. The maximum atomic E-state index is 13.4. The lowest BCUT2D eigenvalue weighted by Gasteiger charge is -2.15. The van der Waals surface area contributed by atoms with Crippen molar-refractivity contribution in [2.75, 3.05) is 0 Å². The molecule has 3 aromatic carbocycles. The Morgan fingerprint density at radius 1 is 0.925 bits per heavy atom. The van der Waals surface area contributed by atoms with Gasteiger partial charge in [-0.15, -0.1) is 5.10 Å². The highest BCUT2D eigenvalue weighted by atomic mass is 19.4. The molecule has 0 amide bonds. The number of benzene rings is 3. The molecule has 6 nitrogen and oxygen atoms in total. The lowest BCUT2D eigenvalue weighted by Crippen LogP contribution is -2.16. The highest BCUT2D eigenvalue weighted by molar-refractivity contribution is 6.23. The fraction of sp³-hybridized carbons (Fsp3) is 0.143. The molecule has 0 aliphatic heterocycles. The Hall–Kier alpha value is -4.74. The van der Waals surface area contributed by atoms with Crippen LogP contribution in [0, 0.1) is 12.3 Å². The van der Waals surface area contributed by atoms with Gasteiger partial charge in [0.1, 0.15) is 5.69 Å². The summed E-state index contributed by atoms with van der Waals surface area (Å²) in [6.45, 7) is 1.18. The zero-order valence-corrected chi connectivity index (χ0v) is 20.8. The van der Waals surface area contributed by atoms with Crippen LogP contribution < -0.4 is 5.73 Å². The second-order valence-electron chi connectivity index (χ2n) is 8.84. The number of carbonyl (C=O) groups excluding carboxylic acids is 1. The van der Waals surface area contributed by atoms with Crippen molar-refractivity contribution in [2.45, 2.75) is 25.8 Å². The quantitative estimate of drug-likeness (QED) is 0.117. The van der Waals surface area contributed by atoms with Crippen LogP contribution in [0.1, 0.15) is 38.3 Å². The van der Waals surface area contributed by atoms with Gasteiger partial charge in [-0.3, -0.25) is 4.79 Å². The van der Waals surface area contributed by atoms with E-state index in [0.717, 1.165) is 10.9 Å². The highest BCUT2D eigenvalue weighted by Gasteiger charge is 2.37. The van der Waals surface area contributed by atoms with E-state index in [0.29, 0.717) is 23.3 Å². The first kappa shape index (κ1) is 28.3. The standard InChI is InChI=1S/C28H21F6N5O/c1-16-7-5-6-10-21(16)26(40)23(36)22(14-35)24-25(18-8-3-2-4-9-18)39(38-37-24)15-17-11-19(27(29,30)31)13-20(12-17)28(32,33)34/h2-14,35H,15,36H2,1H3/b23-22+,35-14?. The van der Waals surface area contributed by atoms with Crippen LogP contribution in [0.5, 0.6) is 0 Å². The number of alkyl halides is 6. The van der Waals surface area contributed by atoms with Crippen LogP contribution in [-0.4, -0.2) is 27.0 Å². The van der Waals surface area contributed by atoms with Gasteiger partial charge in [-0.1, -0.05) is 59.8 Å². The number of nitrogens with zero attached hydrogens (tertiary/aromatic N) is 3. The monoisotopic (exact) mass is 557 g/mol. The molecule has 1 heterocycles. The molecule has 1 aromatic heterocycles. The lowest BCUT2D eigenvalue weighted by molar-refractivity contribution is -0.143. The minimum absolute atomic E-state index is 0.0383. The normalized spacial score (nSPS) is 12.7. The number of hydrogen-bond acceptors (Lipinski definition) is 5. The third kappa shape index (κ3) is 5.80. The van der Waals surface area contributed by atoms with E-state index in [4.69, 9.17) is 11.1 Å². The van der Waals surface area contributed by atoms with Crippen LogP contribution in [0.4, 0.5) is 26.3 Å². The summed E-state index contributed by atoms with van der Waals surface area (Å²) >= 11 is 0. The van der Waals surface area contributed by atoms with E-state index in [9.17, 15) is 31.1 Å². The number of hydrogen-bond donors (Lipinski definition) is 2. The fourth-order valence-electron chi connectivity index (χ4n) is 4.14. The number of ketones is 1. The molecule has 12 heteroatoms. The molecule has 40 heavy (non-hydrogen) atoms. The molecular formula is C28H21F6N5O. The van der Waals surface area contributed by atoms with Gasteiger partial charge in [0.05, 0.1) is 29.1 Å². The molecule has 4 aromatic rings. The van der Waals surface area contributed by atoms with Crippen molar-refractivity contribution >= 4 is 17.6 Å². The van der Waals surface area contributed by atoms with Gasteiger partial charge in [0.25, 0.3) is 0 Å². The van der Waals surface area contributed by atoms with E-state index in [-0.39, 0.29) is 39.9 Å². The number of carbonyl (C=O) groups is 1. The predicted octanol–water partition coefficient (Wildman–Crippen LogP) is 6.54. The molecule has 0 aliphatic carbocycles. The molecule has 0 aliphatic rings. The Kier molecular flexibility index (Phi) is 7.63. The summed E-state index contributed by atoms with van der Waals surface area (Å²) in [4.78, 5) is 13.2. The number of halogens is 6. The molecule has 0 radical (unpaired) electrons. The van der Waals surface area contributed by atoms with Gasteiger partial charge < -0.3 is 11.1 Å². The number of aryl methyl sites for hydroxylation is 1. The van der Waals surface area contributed by atoms with E-state index in [1.165, 1.54) is 0 Å². The summed E-state index contributed by atoms with van der Waals surface area (Å²) in [6, 6.07) is 16.1. The van der Waals surface area contributed by atoms with Gasteiger partial charge >= 0.3 is 12.4 Å². The average Bonchev–Trinajstić information content (AvgIpc) is 3.31. The van der Waals surface area contributed by atoms with Crippen molar-refractivity contribution in [1.82, 2.24) is 15.0 Å². The maximum absolute atomic E-state index is 13.4. The summed E-state index contributed by atoms with van der Waals surface area (Å²) in [5.74, 6) is -0.585. The molecule has 0 saturated heterocycles. The van der Waals surface area contributed by atoms with Crippen LogP contribution in [0.15, 0.2) is 78.5 Å². The molecule has 206 valence electrons. The summed E-state index contributed by atoms with van der Waals surface area (Å²) < 4.78 is 81.7. The van der Waals surface area contributed by atoms with Gasteiger partial charge in [-0.05, 0) is 36.2 Å². The Morgan fingerprint density at radius 2 is 1.50 bits per heavy atom. The Balaban J connectivity index is 1.89. The van der Waals surface area contributed by atoms with E-state index in [1.54, 1.807) is 61.5 Å². The van der Waals surface area contributed by atoms with Crippen molar-refractivity contribution in [3.8, 4) is 11.3 Å². The number of Topliss-reactive ketones (excluding diaryl/α,β-unsaturated/α-hetero) is 1. The molecule has 3 N–H and O–H groups in total. The van der Waals surface area contributed by atoms with E-state index in [1.807, 2.05) is 0 Å². The first-order valence-corrected chi connectivity index (χ1v) is 11.7. The summed E-state index contributed by atoms with van der Waals surface area (Å²) in [5.41, 5.74) is 3.96. The fourth-order valence-corrected chi connectivity index (χ4v) is 4.14. The number of aromatic nitrogens is 3. The second kappa shape index (κ2) is 10.8. The lowest BCUT2D eigenvalue weighted by atomic mass is 9.97. The SMILES string of the molecule is Cc1ccccc1C(=O)/C(N)=C(/C=N)c1nnn(Cc2cc(C(F)(F)F)cc(C(F)(F)F)c2)c1-c1ccccc1. The number of nitrogens with two attached hydrogens (primary N) is 1. The number of allylic oxidation sites excluding steroid dienone is 2. The maximum Gasteiger partial charge on any atom is 0.416 e. The van der Waals surface area contributed by atoms with Crippen molar-refractivity contribution < 1.29 is 31.1 Å². The number of rotatable bonds is 7. The van der Waals surface area contributed by atoms with Gasteiger partial charge in [0.2, 0.25) is 5.78 Å². The van der Waals surface area contributed by atoms with Crippen LogP contribution >= 0.6 is 0 Å². The smallest absolute Gasteiger partial charge is 0.395 e. The molecule has 0 saturated carbocycles. The topological polar surface area (TPSA) is 97.7 Å².